The van der Waals surface area contributed by atoms with Gasteiger partial charge in [0.1, 0.15) is 11.9 Å². The molecule has 0 aliphatic carbocycles. The fraction of sp³-hybridized carbons (Fsp3) is 0.273. The maximum absolute atomic E-state index is 13.0. The van der Waals surface area contributed by atoms with E-state index in [9.17, 15) is 22.4 Å². The summed E-state index contributed by atoms with van der Waals surface area (Å²) in [4.78, 5) is 21.3. The van der Waals surface area contributed by atoms with E-state index >= 15 is 0 Å². The predicted molar refractivity (Wildman–Crippen MR) is 63.7 cm³/mol. The number of carboxylic acid groups (broad SMARTS) is 1. The Hall–Kier alpha value is -1.96. The Morgan fingerprint density at radius 3 is 2.53 bits per heavy atom. The van der Waals surface area contributed by atoms with Gasteiger partial charge in [0.15, 0.2) is 9.84 Å². The van der Waals surface area contributed by atoms with Crippen LogP contribution >= 0.6 is 0 Å². The minimum Gasteiger partial charge on any atom is -0.480 e. The summed E-state index contributed by atoms with van der Waals surface area (Å²) in [5, 5.41) is 10.8. The molecule has 0 fully saturated rings. The summed E-state index contributed by atoms with van der Waals surface area (Å²) in [5.41, 5.74) is 0. The number of carbonyl (C=O) groups excluding carboxylic acids is 1. The van der Waals surface area contributed by atoms with Crippen molar-refractivity contribution in [3.05, 3.63) is 30.1 Å². The smallest absolute Gasteiger partial charge is 0.327 e. The van der Waals surface area contributed by atoms with Gasteiger partial charge in [-0.1, -0.05) is 6.07 Å². The van der Waals surface area contributed by atoms with Crippen molar-refractivity contribution in [1.29, 1.82) is 0 Å². The molecule has 1 rings (SSSR count). The van der Waals surface area contributed by atoms with Gasteiger partial charge in [-0.3, -0.25) is 4.79 Å². The van der Waals surface area contributed by atoms with Gasteiger partial charge in [-0.25, -0.2) is 17.6 Å². The van der Waals surface area contributed by atoms with Crippen LogP contribution in [0, 0.1) is 5.82 Å². The summed E-state index contributed by atoms with van der Waals surface area (Å²) >= 11 is 0. The molecular weight excluding hydrogens is 277 g/mol. The third-order valence-corrected chi connectivity index (χ3v) is 3.96. The monoisotopic (exact) mass is 289 g/mol. The topological polar surface area (TPSA) is 101 Å². The average Bonchev–Trinajstić information content (AvgIpc) is 2.27. The van der Waals surface area contributed by atoms with E-state index in [-0.39, 0.29) is 4.90 Å². The lowest BCUT2D eigenvalue weighted by Gasteiger charge is -2.13. The van der Waals surface area contributed by atoms with Gasteiger partial charge in [0.05, 0.1) is 10.6 Å². The fourth-order valence-electron chi connectivity index (χ4n) is 1.40. The molecule has 0 heterocycles. The van der Waals surface area contributed by atoms with Crippen molar-refractivity contribution in [2.45, 2.75) is 17.9 Å². The first-order chi connectivity index (χ1) is 8.72. The summed E-state index contributed by atoms with van der Waals surface area (Å²) in [7, 11) is -4.01. The average molecular weight is 289 g/mol. The van der Waals surface area contributed by atoms with Crippen LogP contribution in [0.25, 0.3) is 0 Å². The van der Waals surface area contributed by atoms with E-state index in [0.717, 1.165) is 25.1 Å². The quantitative estimate of drug-likeness (QED) is 0.806. The molecule has 1 atom stereocenters. The first kappa shape index (κ1) is 15.1. The molecule has 2 N–H and O–H groups in total. The lowest BCUT2D eigenvalue weighted by molar-refractivity contribution is -0.140. The maximum atomic E-state index is 13.0. The number of hydrogen-bond donors (Lipinski definition) is 2. The highest BCUT2D eigenvalue weighted by atomic mass is 32.2. The number of aliphatic carboxylic acids is 1. The van der Waals surface area contributed by atoms with Crippen LogP contribution in [0.3, 0.4) is 0 Å². The number of carboxylic acids is 1. The summed E-state index contributed by atoms with van der Waals surface area (Å²) in [6, 6.07) is 2.65. The number of rotatable bonds is 5. The van der Waals surface area contributed by atoms with Crippen molar-refractivity contribution in [1.82, 2.24) is 5.32 Å². The van der Waals surface area contributed by atoms with Crippen LogP contribution in [0.5, 0.6) is 0 Å². The molecule has 6 nitrogen and oxygen atoms in total. The van der Waals surface area contributed by atoms with Gasteiger partial charge in [0, 0.05) is 6.92 Å². The highest BCUT2D eigenvalue weighted by Crippen LogP contribution is 2.13. The summed E-state index contributed by atoms with van der Waals surface area (Å²) in [6.45, 7) is 1.07. The van der Waals surface area contributed by atoms with Gasteiger partial charge in [-0.05, 0) is 18.2 Å². The lowest BCUT2D eigenvalue weighted by Crippen LogP contribution is -2.44. The third kappa shape index (κ3) is 4.32. The molecule has 1 unspecified atom stereocenters. The van der Waals surface area contributed by atoms with Crippen LogP contribution in [-0.4, -0.2) is 37.2 Å². The number of sulfone groups is 1. The van der Waals surface area contributed by atoms with E-state index in [1.165, 1.54) is 6.07 Å². The van der Waals surface area contributed by atoms with Crippen LogP contribution in [-0.2, 0) is 19.4 Å². The Labute approximate surface area is 109 Å². The Bertz CT molecular complexity index is 599. The highest BCUT2D eigenvalue weighted by Gasteiger charge is 2.27. The third-order valence-electron chi connectivity index (χ3n) is 2.22. The SMILES string of the molecule is CC(=O)NC(CS(=O)(=O)c1cccc(F)c1)C(=O)O. The minimum absolute atomic E-state index is 0.330. The molecule has 19 heavy (non-hydrogen) atoms. The molecule has 0 bridgehead atoms. The van der Waals surface area contributed by atoms with E-state index in [2.05, 4.69) is 0 Å². The minimum atomic E-state index is -4.01. The molecule has 1 aromatic rings. The molecule has 1 aromatic carbocycles. The predicted octanol–water partition coefficient (Wildman–Crippen LogP) is 0.189. The number of benzene rings is 1. The van der Waals surface area contributed by atoms with Crippen LogP contribution in [0.2, 0.25) is 0 Å². The first-order valence-electron chi connectivity index (χ1n) is 5.20. The van der Waals surface area contributed by atoms with Crippen LogP contribution in [0.15, 0.2) is 29.2 Å². The van der Waals surface area contributed by atoms with Gasteiger partial charge < -0.3 is 10.4 Å². The van der Waals surface area contributed by atoms with Gasteiger partial charge in [0.25, 0.3) is 0 Å². The number of amides is 1. The number of hydrogen-bond acceptors (Lipinski definition) is 4. The van der Waals surface area contributed by atoms with E-state index in [1.807, 2.05) is 5.32 Å². The van der Waals surface area contributed by atoms with Crippen LogP contribution < -0.4 is 5.32 Å². The van der Waals surface area contributed by atoms with Crippen molar-refractivity contribution in [2.24, 2.45) is 0 Å². The second-order valence-corrected chi connectivity index (χ2v) is 5.86. The van der Waals surface area contributed by atoms with Crippen LogP contribution in [0.1, 0.15) is 6.92 Å². The number of halogens is 1. The van der Waals surface area contributed by atoms with Gasteiger partial charge in [0.2, 0.25) is 5.91 Å². The van der Waals surface area contributed by atoms with E-state index in [0.29, 0.717) is 0 Å². The second-order valence-electron chi connectivity index (χ2n) is 3.83. The maximum Gasteiger partial charge on any atom is 0.327 e. The molecule has 0 aliphatic rings. The molecule has 0 radical (unpaired) electrons. The van der Waals surface area contributed by atoms with E-state index in [1.54, 1.807) is 0 Å². The Morgan fingerprint density at radius 2 is 2.05 bits per heavy atom. The van der Waals surface area contributed by atoms with E-state index in [4.69, 9.17) is 5.11 Å². The van der Waals surface area contributed by atoms with Gasteiger partial charge in [-0.15, -0.1) is 0 Å². The normalized spacial score (nSPS) is 12.7. The van der Waals surface area contributed by atoms with Gasteiger partial charge >= 0.3 is 5.97 Å². The molecule has 0 aliphatic heterocycles. The van der Waals surface area contributed by atoms with Crippen molar-refractivity contribution in [3.63, 3.8) is 0 Å². The van der Waals surface area contributed by atoms with Crippen molar-refractivity contribution in [3.8, 4) is 0 Å². The highest BCUT2D eigenvalue weighted by molar-refractivity contribution is 7.91. The molecular formula is C11H12FNO5S. The molecule has 104 valence electrons. The first-order valence-corrected chi connectivity index (χ1v) is 6.86. The van der Waals surface area contributed by atoms with E-state index < -0.39 is 39.3 Å². The van der Waals surface area contributed by atoms with Gasteiger partial charge in [-0.2, -0.15) is 0 Å². The molecule has 0 saturated heterocycles. The van der Waals surface area contributed by atoms with Crippen molar-refractivity contribution in [2.75, 3.05) is 5.75 Å². The zero-order chi connectivity index (χ0) is 14.6. The zero-order valence-electron chi connectivity index (χ0n) is 9.96. The fourth-order valence-corrected chi connectivity index (χ4v) is 2.83. The molecule has 1 amide bonds. The molecule has 0 spiro atoms. The standard InChI is InChI=1S/C11H12FNO5S/c1-7(14)13-10(11(15)16)6-19(17,18)9-4-2-3-8(12)5-9/h2-5,10H,6H2,1H3,(H,13,14)(H,15,16). The largest absolute Gasteiger partial charge is 0.480 e. The van der Waals surface area contributed by atoms with Crippen molar-refractivity contribution >= 4 is 21.7 Å². The summed E-state index contributed by atoms with van der Waals surface area (Å²) in [5.74, 6) is -3.73. The lowest BCUT2D eigenvalue weighted by atomic mass is 10.3. The zero-order valence-corrected chi connectivity index (χ0v) is 10.8. The Balaban J connectivity index is 3.00. The molecule has 8 heteroatoms. The van der Waals surface area contributed by atoms with Crippen LogP contribution in [0.4, 0.5) is 4.39 Å². The number of carbonyl (C=O) groups is 2. The molecule has 0 aromatic heterocycles. The van der Waals surface area contributed by atoms with Crippen molar-refractivity contribution < 1.29 is 27.5 Å². The Morgan fingerprint density at radius 1 is 1.42 bits per heavy atom. The second kappa shape index (κ2) is 5.79. The summed E-state index contributed by atoms with van der Waals surface area (Å²) < 4.78 is 36.8. The molecule has 0 saturated carbocycles. The summed E-state index contributed by atoms with van der Waals surface area (Å²) in [6.07, 6.45) is 0. The Kier molecular flexibility index (Phi) is 4.60. The number of nitrogens with one attached hydrogen (secondary N) is 1.